The molecule has 2 aromatic rings. The number of para-hydroxylation sites is 1. The van der Waals surface area contributed by atoms with Crippen molar-refractivity contribution in [3.8, 4) is 5.75 Å². The smallest absolute Gasteiger partial charge is 0.258 e. The van der Waals surface area contributed by atoms with Crippen LogP contribution in [0.5, 0.6) is 5.75 Å². The highest BCUT2D eigenvalue weighted by atomic mass is 32.2. The summed E-state index contributed by atoms with van der Waals surface area (Å²) in [4.78, 5) is 15.0. The Hall–Kier alpha value is -1.94. The lowest BCUT2D eigenvalue weighted by Crippen LogP contribution is -2.30. The molecule has 1 amide bonds. The van der Waals surface area contributed by atoms with Gasteiger partial charge in [-0.2, -0.15) is 0 Å². The highest BCUT2D eigenvalue weighted by molar-refractivity contribution is 7.99. The zero-order valence-corrected chi connectivity index (χ0v) is 15.2. The summed E-state index contributed by atoms with van der Waals surface area (Å²) in [5, 5.41) is 0.0728. The molecule has 1 heterocycles. The second kappa shape index (κ2) is 7.31. The van der Waals surface area contributed by atoms with Gasteiger partial charge in [-0.15, -0.1) is 11.8 Å². The first kappa shape index (κ1) is 16.9. The summed E-state index contributed by atoms with van der Waals surface area (Å²) in [5.41, 5.74) is 3.14. The maximum absolute atomic E-state index is 13.0. The summed E-state index contributed by atoms with van der Waals surface area (Å²) in [6.07, 6.45) is 0. The highest BCUT2D eigenvalue weighted by Gasteiger charge is 2.32. The van der Waals surface area contributed by atoms with Crippen LogP contribution in [0.2, 0.25) is 0 Å². The van der Waals surface area contributed by atoms with Crippen LogP contribution in [0.1, 0.15) is 46.6 Å². The Morgan fingerprint density at radius 1 is 1.17 bits per heavy atom. The van der Waals surface area contributed by atoms with Crippen LogP contribution in [-0.2, 0) is 0 Å². The standard InChI is InChI=1S/C20H23NO2S/c1-14(2)15-8-10-16(11-9-15)20-21(12-13-24-20)19(22)17-6-4-5-7-18(17)23-3/h4-11,14,20H,12-13H2,1-3H3/t20-/m1/s1. The van der Waals surface area contributed by atoms with E-state index in [1.165, 1.54) is 11.1 Å². The number of thioether (sulfide) groups is 1. The van der Waals surface area contributed by atoms with Crippen molar-refractivity contribution in [1.82, 2.24) is 4.90 Å². The first-order valence-electron chi connectivity index (χ1n) is 8.27. The van der Waals surface area contributed by atoms with Crippen LogP contribution in [-0.4, -0.2) is 30.2 Å². The Labute approximate surface area is 148 Å². The van der Waals surface area contributed by atoms with Crippen LogP contribution in [0.3, 0.4) is 0 Å². The van der Waals surface area contributed by atoms with Gasteiger partial charge in [0.25, 0.3) is 5.91 Å². The lowest BCUT2D eigenvalue weighted by atomic mass is 10.0. The number of rotatable bonds is 4. The second-order valence-electron chi connectivity index (χ2n) is 6.24. The van der Waals surface area contributed by atoms with E-state index < -0.39 is 0 Å². The lowest BCUT2D eigenvalue weighted by Gasteiger charge is -2.25. The molecule has 24 heavy (non-hydrogen) atoms. The number of carbonyl (C=O) groups excluding carboxylic acids is 1. The van der Waals surface area contributed by atoms with Crippen LogP contribution >= 0.6 is 11.8 Å². The van der Waals surface area contributed by atoms with Crippen molar-refractivity contribution >= 4 is 17.7 Å². The van der Waals surface area contributed by atoms with Gasteiger partial charge in [-0.3, -0.25) is 4.79 Å². The number of hydrogen-bond acceptors (Lipinski definition) is 3. The van der Waals surface area contributed by atoms with Gasteiger partial charge in [0, 0.05) is 12.3 Å². The van der Waals surface area contributed by atoms with Crippen molar-refractivity contribution in [1.29, 1.82) is 0 Å². The summed E-state index contributed by atoms with van der Waals surface area (Å²) in [6.45, 7) is 5.14. The van der Waals surface area contributed by atoms with Crippen molar-refractivity contribution in [2.24, 2.45) is 0 Å². The molecule has 1 aliphatic heterocycles. The Morgan fingerprint density at radius 2 is 1.88 bits per heavy atom. The Morgan fingerprint density at radius 3 is 2.54 bits per heavy atom. The van der Waals surface area contributed by atoms with Gasteiger partial charge in [0.1, 0.15) is 11.1 Å². The molecule has 3 rings (SSSR count). The van der Waals surface area contributed by atoms with E-state index in [0.717, 1.165) is 12.3 Å². The van der Waals surface area contributed by atoms with Gasteiger partial charge in [0.15, 0.2) is 0 Å². The average Bonchev–Trinajstić information content (AvgIpc) is 3.10. The molecule has 3 nitrogen and oxygen atoms in total. The number of nitrogens with zero attached hydrogens (tertiary/aromatic N) is 1. The molecule has 1 aliphatic rings. The summed E-state index contributed by atoms with van der Waals surface area (Å²) in [6, 6.07) is 16.1. The third kappa shape index (κ3) is 3.29. The Balaban J connectivity index is 1.86. The summed E-state index contributed by atoms with van der Waals surface area (Å²) in [5.74, 6) is 2.14. The number of hydrogen-bond donors (Lipinski definition) is 0. The maximum Gasteiger partial charge on any atom is 0.258 e. The molecule has 0 saturated carbocycles. The Kier molecular flexibility index (Phi) is 5.14. The molecular weight excluding hydrogens is 318 g/mol. The van der Waals surface area contributed by atoms with Gasteiger partial charge < -0.3 is 9.64 Å². The lowest BCUT2D eigenvalue weighted by molar-refractivity contribution is 0.0757. The van der Waals surface area contributed by atoms with Crippen molar-refractivity contribution < 1.29 is 9.53 Å². The zero-order valence-electron chi connectivity index (χ0n) is 14.4. The van der Waals surface area contributed by atoms with Crippen LogP contribution in [0.25, 0.3) is 0 Å². The van der Waals surface area contributed by atoms with E-state index in [1.54, 1.807) is 7.11 Å². The van der Waals surface area contributed by atoms with Gasteiger partial charge in [-0.1, -0.05) is 50.2 Å². The first-order valence-corrected chi connectivity index (χ1v) is 9.32. The third-order valence-electron chi connectivity index (χ3n) is 4.38. The monoisotopic (exact) mass is 341 g/mol. The van der Waals surface area contributed by atoms with E-state index in [0.29, 0.717) is 17.2 Å². The summed E-state index contributed by atoms with van der Waals surface area (Å²) >= 11 is 1.82. The predicted molar refractivity (Wildman–Crippen MR) is 99.8 cm³/mol. The van der Waals surface area contributed by atoms with E-state index in [9.17, 15) is 4.79 Å². The molecule has 126 valence electrons. The predicted octanol–water partition coefficient (Wildman–Crippen LogP) is 4.71. The molecule has 0 aliphatic carbocycles. The van der Waals surface area contributed by atoms with E-state index in [-0.39, 0.29) is 11.3 Å². The number of ether oxygens (including phenoxy) is 1. The fraction of sp³-hybridized carbons (Fsp3) is 0.350. The normalized spacial score (nSPS) is 17.3. The van der Waals surface area contributed by atoms with Crippen LogP contribution in [0, 0.1) is 0 Å². The number of methoxy groups -OCH3 is 1. The van der Waals surface area contributed by atoms with E-state index >= 15 is 0 Å². The van der Waals surface area contributed by atoms with E-state index in [2.05, 4.69) is 38.1 Å². The zero-order chi connectivity index (χ0) is 17.1. The molecule has 0 radical (unpaired) electrons. The van der Waals surface area contributed by atoms with Crippen LogP contribution < -0.4 is 4.74 Å². The molecular formula is C20H23NO2S. The number of amides is 1. The van der Waals surface area contributed by atoms with Gasteiger partial charge >= 0.3 is 0 Å². The fourth-order valence-corrected chi connectivity index (χ4v) is 4.23. The number of carbonyl (C=O) groups is 1. The van der Waals surface area contributed by atoms with Gasteiger partial charge in [0.05, 0.1) is 12.7 Å². The largest absolute Gasteiger partial charge is 0.496 e. The van der Waals surface area contributed by atoms with Crippen LogP contribution in [0.4, 0.5) is 0 Å². The Bertz CT molecular complexity index is 712. The van der Waals surface area contributed by atoms with Crippen molar-refractivity contribution in [2.45, 2.75) is 25.1 Å². The molecule has 0 spiro atoms. The molecule has 1 fully saturated rings. The number of benzene rings is 2. The van der Waals surface area contributed by atoms with Crippen molar-refractivity contribution in [2.75, 3.05) is 19.4 Å². The van der Waals surface area contributed by atoms with E-state index in [1.807, 2.05) is 40.9 Å². The van der Waals surface area contributed by atoms with Gasteiger partial charge in [-0.25, -0.2) is 0 Å². The molecule has 2 aromatic carbocycles. The van der Waals surface area contributed by atoms with Gasteiger partial charge in [-0.05, 0) is 29.2 Å². The average molecular weight is 341 g/mol. The SMILES string of the molecule is COc1ccccc1C(=O)N1CCS[C@@H]1c1ccc(C(C)C)cc1. The third-order valence-corrected chi connectivity index (χ3v) is 5.64. The van der Waals surface area contributed by atoms with Crippen LogP contribution in [0.15, 0.2) is 48.5 Å². The van der Waals surface area contributed by atoms with Gasteiger partial charge in [0.2, 0.25) is 0 Å². The molecule has 0 bridgehead atoms. The summed E-state index contributed by atoms with van der Waals surface area (Å²) < 4.78 is 5.35. The minimum atomic E-state index is 0.0374. The quantitative estimate of drug-likeness (QED) is 0.807. The fourth-order valence-electron chi connectivity index (χ4n) is 2.98. The molecule has 1 saturated heterocycles. The first-order chi connectivity index (χ1) is 11.6. The maximum atomic E-state index is 13.0. The van der Waals surface area contributed by atoms with Crippen molar-refractivity contribution in [3.63, 3.8) is 0 Å². The molecule has 1 atom stereocenters. The second-order valence-corrected chi connectivity index (χ2v) is 7.43. The van der Waals surface area contributed by atoms with Crippen molar-refractivity contribution in [3.05, 3.63) is 65.2 Å². The topological polar surface area (TPSA) is 29.5 Å². The minimum Gasteiger partial charge on any atom is -0.496 e. The molecule has 0 aromatic heterocycles. The van der Waals surface area contributed by atoms with E-state index in [4.69, 9.17) is 4.74 Å². The highest BCUT2D eigenvalue weighted by Crippen LogP contribution is 2.39. The minimum absolute atomic E-state index is 0.0374. The molecule has 0 N–H and O–H groups in total. The summed E-state index contributed by atoms with van der Waals surface area (Å²) in [7, 11) is 1.60. The molecule has 4 heteroatoms. The molecule has 0 unspecified atom stereocenters.